The van der Waals surface area contributed by atoms with Crippen LogP contribution in [0.2, 0.25) is 0 Å². The van der Waals surface area contributed by atoms with Crippen LogP contribution in [0.3, 0.4) is 0 Å². The standard InChI is InChI=1S/C14H19NO7/c1-2-3-4-5-10-20-21-11-19-14(16)22-13-8-6-12(7-9-13)15(17)18/h6-9H,2-5,10-11H2,1H3. The van der Waals surface area contributed by atoms with Crippen molar-refractivity contribution < 1.29 is 29.0 Å². The zero-order chi connectivity index (χ0) is 16.2. The number of hydrogen-bond acceptors (Lipinski definition) is 7. The average molecular weight is 313 g/mol. The molecule has 0 aromatic heterocycles. The maximum atomic E-state index is 11.3. The summed E-state index contributed by atoms with van der Waals surface area (Å²) in [6.07, 6.45) is 3.23. The average Bonchev–Trinajstić information content (AvgIpc) is 2.50. The molecule has 8 heteroatoms. The molecule has 1 aromatic rings. The van der Waals surface area contributed by atoms with Crippen LogP contribution in [0.4, 0.5) is 10.5 Å². The molecule has 0 saturated heterocycles. The number of nitro groups is 1. The lowest BCUT2D eigenvalue weighted by molar-refractivity contribution is -0.384. The third-order valence-corrected chi connectivity index (χ3v) is 2.64. The predicted octanol–water partition coefficient (Wildman–Crippen LogP) is 3.60. The lowest BCUT2D eigenvalue weighted by atomic mass is 10.2. The Bertz CT molecular complexity index is 461. The van der Waals surface area contributed by atoms with Crippen LogP contribution in [0.1, 0.15) is 32.6 Å². The number of nitro benzene ring substituents is 1. The van der Waals surface area contributed by atoms with Crippen molar-refractivity contribution in [1.29, 1.82) is 0 Å². The number of carbonyl (C=O) groups is 1. The van der Waals surface area contributed by atoms with Crippen LogP contribution in [0.15, 0.2) is 24.3 Å². The van der Waals surface area contributed by atoms with Gasteiger partial charge in [-0.2, -0.15) is 4.89 Å². The molecule has 0 aliphatic carbocycles. The van der Waals surface area contributed by atoms with Crippen LogP contribution in [-0.4, -0.2) is 24.5 Å². The van der Waals surface area contributed by atoms with Crippen LogP contribution in [-0.2, 0) is 14.5 Å². The van der Waals surface area contributed by atoms with Crippen LogP contribution in [0.5, 0.6) is 5.75 Å². The van der Waals surface area contributed by atoms with Gasteiger partial charge in [-0.05, 0) is 18.6 Å². The molecule has 0 radical (unpaired) electrons. The van der Waals surface area contributed by atoms with E-state index in [0.717, 1.165) is 25.7 Å². The first-order valence-corrected chi connectivity index (χ1v) is 6.97. The van der Waals surface area contributed by atoms with E-state index in [1.54, 1.807) is 0 Å². The third-order valence-electron chi connectivity index (χ3n) is 2.64. The van der Waals surface area contributed by atoms with Gasteiger partial charge in [0.25, 0.3) is 5.69 Å². The van der Waals surface area contributed by atoms with Gasteiger partial charge in [0.05, 0.1) is 11.5 Å². The molecule has 0 amide bonds. The first-order valence-electron chi connectivity index (χ1n) is 6.97. The van der Waals surface area contributed by atoms with Crippen molar-refractivity contribution in [3.63, 3.8) is 0 Å². The molecule has 122 valence electrons. The normalized spacial score (nSPS) is 10.2. The lowest BCUT2D eigenvalue weighted by Gasteiger charge is -2.06. The number of ether oxygens (including phenoxy) is 2. The Morgan fingerprint density at radius 2 is 1.86 bits per heavy atom. The van der Waals surface area contributed by atoms with Gasteiger partial charge in [-0.3, -0.25) is 10.1 Å². The Morgan fingerprint density at radius 1 is 1.14 bits per heavy atom. The van der Waals surface area contributed by atoms with E-state index >= 15 is 0 Å². The topological polar surface area (TPSA) is 97.1 Å². The fraction of sp³-hybridized carbons (Fsp3) is 0.500. The van der Waals surface area contributed by atoms with E-state index in [-0.39, 0.29) is 18.2 Å². The van der Waals surface area contributed by atoms with Crippen molar-refractivity contribution >= 4 is 11.8 Å². The number of hydrogen-bond donors (Lipinski definition) is 0. The summed E-state index contributed by atoms with van der Waals surface area (Å²) in [6, 6.07) is 5.03. The largest absolute Gasteiger partial charge is 0.516 e. The Morgan fingerprint density at radius 3 is 2.50 bits per heavy atom. The zero-order valence-corrected chi connectivity index (χ0v) is 12.4. The van der Waals surface area contributed by atoms with Gasteiger partial charge in [-0.15, -0.1) is 0 Å². The Kier molecular flexibility index (Phi) is 8.54. The number of nitrogens with zero attached hydrogens (tertiary/aromatic N) is 1. The highest BCUT2D eigenvalue weighted by Crippen LogP contribution is 2.17. The summed E-state index contributed by atoms with van der Waals surface area (Å²) in [4.78, 5) is 30.7. The number of rotatable bonds is 10. The van der Waals surface area contributed by atoms with Gasteiger partial charge in [0.1, 0.15) is 5.75 Å². The predicted molar refractivity (Wildman–Crippen MR) is 76.3 cm³/mol. The summed E-state index contributed by atoms with van der Waals surface area (Å²) in [5.41, 5.74) is -0.0967. The highest BCUT2D eigenvalue weighted by molar-refractivity contribution is 5.63. The SMILES string of the molecule is CCCCCCOOCOC(=O)Oc1ccc([N+](=O)[O-])cc1. The second-order valence-electron chi connectivity index (χ2n) is 4.37. The van der Waals surface area contributed by atoms with E-state index in [0.29, 0.717) is 6.61 Å². The maximum Gasteiger partial charge on any atom is 0.516 e. The highest BCUT2D eigenvalue weighted by Gasteiger charge is 2.09. The summed E-state index contributed by atoms with van der Waals surface area (Å²) in [6.45, 7) is 2.15. The molecule has 0 bridgehead atoms. The summed E-state index contributed by atoms with van der Waals surface area (Å²) in [7, 11) is 0. The van der Waals surface area contributed by atoms with Crippen molar-refractivity contribution in [2.45, 2.75) is 32.6 Å². The molecule has 1 rings (SSSR count). The van der Waals surface area contributed by atoms with Crippen molar-refractivity contribution in [3.05, 3.63) is 34.4 Å². The van der Waals surface area contributed by atoms with Crippen LogP contribution < -0.4 is 4.74 Å². The molecule has 0 heterocycles. The fourth-order valence-electron chi connectivity index (χ4n) is 1.51. The van der Waals surface area contributed by atoms with Crippen molar-refractivity contribution in [3.8, 4) is 5.75 Å². The van der Waals surface area contributed by atoms with Gasteiger partial charge in [0, 0.05) is 12.1 Å². The molecule has 0 aliphatic rings. The molecule has 1 aromatic carbocycles. The van der Waals surface area contributed by atoms with Gasteiger partial charge in [0.15, 0.2) is 0 Å². The zero-order valence-electron chi connectivity index (χ0n) is 12.4. The third kappa shape index (κ3) is 7.55. The Hall–Kier alpha value is -2.19. The lowest BCUT2D eigenvalue weighted by Crippen LogP contribution is -2.13. The minimum Gasteiger partial charge on any atom is -0.404 e. The molecule has 22 heavy (non-hydrogen) atoms. The first kappa shape index (κ1) is 17.9. The molecule has 0 saturated carbocycles. The fourth-order valence-corrected chi connectivity index (χ4v) is 1.51. The molecule has 8 nitrogen and oxygen atoms in total. The van der Waals surface area contributed by atoms with Gasteiger partial charge in [-0.25, -0.2) is 9.68 Å². The minimum absolute atomic E-state index is 0.0967. The smallest absolute Gasteiger partial charge is 0.404 e. The first-order chi connectivity index (χ1) is 10.6. The highest BCUT2D eigenvalue weighted by atomic mass is 17.2. The number of unbranched alkanes of at least 4 members (excludes halogenated alkanes) is 3. The molecule has 0 aliphatic heterocycles. The van der Waals surface area contributed by atoms with Crippen molar-refractivity contribution in [1.82, 2.24) is 0 Å². The maximum absolute atomic E-state index is 11.3. The van der Waals surface area contributed by atoms with Gasteiger partial charge < -0.3 is 9.47 Å². The Balaban J connectivity index is 2.12. The quantitative estimate of drug-likeness (QED) is 0.124. The summed E-state index contributed by atoms with van der Waals surface area (Å²) in [5.74, 6) is 0.135. The second kappa shape index (κ2) is 10.5. The van der Waals surface area contributed by atoms with Gasteiger partial charge >= 0.3 is 6.16 Å². The number of carbonyl (C=O) groups excluding carboxylic acids is 1. The minimum atomic E-state index is -0.983. The van der Waals surface area contributed by atoms with Crippen molar-refractivity contribution in [2.24, 2.45) is 0 Å². The molecule has 0 unspecified atom stereocenters. The van der Waals surface area contributed by atoms with E-state index < -0.39 is 11.1 Å². The molecule has 0 N–H and O–H groups in total. The van der Waals surface area contributed by atoms with Gasteiger partial charge in [-0.1, -0.05) is 26.2 Å². The molecular weight excluding hydrogens is 294 g/mol. The van der Waals surface area contributed by atoms with Crippen molar-refractivity contribution in [2.75, 3.05) is 13.4 Å². The van der Waals surface area contributed by atoms with Crippen LogP contribution >= 0.6 is 0 Å². The monoisotopic (exact) mass is 313 g/mol. The van der Waals surface area contributed by atoms with E-state index in [9.17, 15) is 14.9 Å². The summed E-state index contributed by atoms with van der Waals surface area (Å²) in [5, 5.41) is 10.5. The second-order valence-corrected chi connectivity index (χ2v) is 4.37. The Labute approximate surface area is 128 Å². The van der Waals surface area contributed by atoms with Crippen LogP contribution in [0.25, 0.3) is 0 Å². The molecule has 0 atom stereocenters. The van der Waals surface area contributed by atoms with E-state index in [1.165, 1.54) is 24.3 Å². The van der Waals surface area contributed by atoms with Gasteiger partial charge in [0.2, 0.25) is 6.79 Å². The number of benzene rings is 1. The summed E-state index contributed by atoms with van der Waals surface area (Å²) >= 11 is 0. The molecule has 0 fully saturated rings. The van der Waals surface area contributed by atoms with E-state index in [4.69, 9.17) is 9.62 Å². The number of non-ortho nitro benzene ring substituents is 1. The molecular formula is C14H19NO7. The van der Waals surface area contributed by atoms with E-state index in [2.05, 4.69) is 16.5 Å². The van der Waals surface area contributed by atoms with Crippen LogP contribution in [0, 0.1) is 10.1 Å². The summed E-state index contributed by atoms with van der Waals surface area (Å²) < 4.78 is 9.40. The van der Waals surface area contributed by atoms with E-state index in [1.807, 2.05) is 0 Å². The molecule has 0 spiro atoms.